The summed E-state index contributed by atoms with van der Waals surface area (Å²) >= 11 is 6.18. The van der Waals surface area contributed by atoms with Gasteiger partial charge in [-0.25, -0.2) is 4.98 Å². The maximum atomic E-state index is 6.18. The fraction of sp³-hybridized carbons (Fsp3) is 0.0667. The molecule has 1 aromatic carbocycles. The molecule has 0 unspecified atom stereocenters. The molecule has 0 amide bonds. The Morgan fingerprint density at radius 1 is 1.15 bits per heavy atom. The number of aryl methyl sites for hydroxylation is 1. The van der Waals surface area contributed by atoms with Crippen LogP contribution in [-0.4, -0.2) is 9.97 Å². The Balaban J connectivity index is 2.06. The average molecular weight is 285 g/mol. The van der Waals surface area contributed by atoms with E-state index in [1.807, 2.05) is 43.3 Å². The second-order valence-corrected chi connectivity index (χ2v) is 4.90. The van der Waals surface area contributed by atoms with E-state index in [4.69, 9.17) is 17.3 Å². The Morgan fingerprint density at radius 3 is 2.80 bits per heavy atom. The summed E-state index contributed by atoms with van der Waals surface area (Å²) in [5, 5.41) is 4.84. The predicted molar refractivity (Wildman–Crippen MR) is 83.4 cm³/mol. The van der Waals surface area contributed by atoms with Crippen molar-refractivity contribution in [3.8, 4) is 0 Å². The molecule has 0 saturated heterocycles. The number of nitrogens with one attached hydrogen (secondary N) is 1. The molecule has 3 rings (SSSR count). The van der Waals surface area contributed by atoms with E-state index in [2.05, 4.69) is 15.3 Å². The van der Waals surface area contributed by atoms with E-state index < -0.39 is 0 Å². The third kappa shape index (κ3) is 2.26. The standard InChI is InChI=1S/C15H13ClN4/c1-9-12(17)5-7-14(19-9)20-13-6-4-11(16)10-3-2-8-18-15(10)13/h2-8H,17H2,1H3,(H,19,20). The van der Waals surface area contributed by atoms with Gasteiger partial charge >= 0.3 is 0 Å². The SMILES string of the molecule is Cc1nc(Nc2ccc(Cl)c3cccnc23)ccc1N. The molecule has 3 N–H and O–H groups in total. The van der Waals surface area contributed by atoms with Crippen LogP contribution in [0.3, 0.4) is 0 Å². The molecule has 0 radical (unpaired) electrons. The number of fused-ring (bicyclic) bond motifs is 1. The predicted octanol–water partition coefficient (Wildman–Crippen LogP) is 3.92. The van der Waals surface area contributed by atoms with E-state index in [0.717, 1.165) is 28.1 Å². The van der Waals surface area contributed by atoms with Gasteiger partial charge in [-0.2, -0.15) is 0 Å². The van der Waals surface area contributed by atoms with Crippen LogP contribution in [0.1, 0.15) is 5.69 Å². The molecule has 0 aliphatic carbocycles. The second kappa shape index (κ2) is 4.98. The first kappa shape index (κ1) is 12.7. The van der Waals surface area contributed by atoms with Crippen molar-refractivity contribution in [3.05, 3.63) is 53.3 Å². The summed E-state index contributed by atoms with van der Waals surface area (Å²) < 4.78 is 0. The molecule has 100 valence electrons. The average Bonchev–Trinajstić information content (AvgIpc) is 2.46. The summed E-state index contributed by atoms with van der Waals surface area (Å²) in [5.74, 6) is 0.728. The van der Waals surface area contributed by atoms with Gasteiger partial charge in [-0.1, -0.05) is 11.6 Å². The summed E-state index contributed by atoms with van der Waals surface area (Å²) in [6.45, 7) is 1.87. The molecule has 5 heteroatoms. The molecule has 0 bridgehead atoms. The molecule has 2 aromatic heterocycles. The number of halogens is 1. The number of nitrogen functional groups attached to an aromatic ring is 1. The van der Waals surface area contributed by atoms with Crippen LogP contribution in [0.4, 0.5) is 17.2 Å². The van der Waals surface area contributed by atoms with Crippen LogP contribution < -0.4 is 11.1 Å². The van der Waals surface area contributed by atoms with Crippen LogP contribution in [0, 0.1) is 6.92 Å². The van der Waals surface area contributed by atoms with Crippen molar-refractivity contribution in [3.63, 3.8) is 0 Å². The Morgan fingerprint density at radius 2 is 2.00 bits per heavy atom. The monoisotopic (exact) mass is 284 g/mol. The van der Waals surface area contributed by atoms with Gasteiger partial charge in [0.15, 0.2) is 0 Å². The maximum absolute atomic E-state index is 6.18. The largest absolute Gasteiger partial charge is 0.397 e. The van der Waals surface area contributed by atoms with E-state index in [1.165, 1.54) is 0 Å². The fourth-order valence-electron chi connectivity index (χ4n) is 2.02. The number of benzene rings is 1. The fourth-order valence-corrected chi connectivity index (χ4v) is 2.23. The zero-order valence-electron chi connectivity index (χ0n) is 10.9. The number of pyridine rings is 2. The highest BCUT2D eigenvalue weighted by Gasteiger charge is 2.07. The molecule has 0 atom stereocenters. The van der Waals surface area contributed by atoms with Gasteiger partial charge in [0.25, 0.3) is 0 Å². The van der Waals surface area contributed by atoms with Crippen molar-refractivity contribution < 1.29 is 0 Å². The number of anilines is 3. The Hall–Kier alpha value is -2.33. The lowest BCUT2D eigenvalue weighted by Crippen LogP contribution is -1.99. The Labute approximate surface area is 121 Å². The van der Waals surface area contributed by atoms with E-state index >= 15 is 0 Å². The first-order valence-electron chi connectivity index (χ1n) is 6.18. The van der Waals surface area contributed by atoms with Crippen LogP contribution in [0.15, 0.2) is 42.6 Å². The van der Waals surface area contributed by atoms with Crippen LogP contribution in [0.2, 0.25) is 5.02 Å². The highest BCUT2D eigenvalue weighted by molar-refractivity contribution is 6.35. The molecular weight excluding hydrogens is 272 g/mol. The molecule has 0 spiro atoms. The van der Waals surface area contributed by atoms with Crippen molar-refractivity contribution in [2.75, 3.05) is 11.1 Å². The number of rotatable bonds is 2. The smallest absolute Gasteiger partial charge is 0.130 e. The lowest BCUT2D eigenvalue weighted by Gasteiger charge is -2.10. The molecule has 0 saturated carbocycles. The topological polar surface area (TPSA) is 63.8 Å². The van der Waals surface area contributed by atoms with Crippen molar-refractivity contribution in [2.24, 2.45) is 0 Å². The van der Waals surface area contributed by atoms with E-state index in [1.54, 1.807) is 6.20 Å². The molecule has 4 nitrogen and oxygen atoms in total. The first-order valence-corrected chi connectivity index (χ1v) is 6.56. The second-order valence-electron chi connectivity index (χ2n) is 4.49. The van der Waals surface area contributed by atoms with Gasteiger partial charge in [0, 0.05) is 11.6 Å². The highest BCUT2D eigenvalue weighted by Crippen LogP contribution is 2.29. The van der Waals surface area contributed by atoms with Gasteiger partial charge in [-0.05, 0) is 43.3 Å². The number of hydrogen-bond donors (Lipinski definition) is 2. The maximum Gasteiger partial charge on any atom is 0.130 e. The summed E-state index contributed by atoms with van der Waals surface area (Å²) in [4.78, 5) is 8.78. The Bertz CT molecular complexity index is 786. The third-order valence-corrected chi connectivity index (χ3v) is 3.44. The van der Waals surface area contributed by atoms with Crippen molar-refractivity contribution >= 4 is 39.7 Å². The minimum Gasteiger partial charge on any atom is -0.397 e. The first-order chi connectivity index (χ1) is 9.65. The van der Waals surface area contributed by atoms with Crippen LogP contribution in [0.25, 0.3) is 10.9 Å². The Kier molecular flexibility index (Phi) is 3.16. The summed E-state index contributed by atoms with van der Waals surface area (Å²) in [6.07, 6.45) is 1.74. The van der Waals surface area contributed by atoms with Gasteiger partial charge in [0.2, 0.25) is 0 Å². The quantitative estimate of drug-likeness (QED) is 0.749. The number of hydrogen-bond acceptors (Lipinski definition) is 4. The minimum atomic E-state index is 0.676. The lowest BCUT2D eigenvalue weighted by atomic mass is 10.2. The van der Waals surface area contributed by atoms with E-state index in [9.17, 15) is 0 Å². The van der Waals surface area contributed by atoms with Gasteiger partial charge in [0.05, 0.1) is 27.6 Å². The van der Waals surface area contributed by atoms with Crippen LogP contribution in [0.5, 0.6) is 0 Å². The molecule has 0 aliphatic rings. The van der Waals surface area contributed by atoms with Gasteiger partial charge in [0.1, 0.15) is 5.82 Å². The van der Waals surface area contributed by atoms with Crippen LogP contribution >= 0.6 is 11.6 Å². The zero-order chi connectivity index (χ0) is 14.1. The normalized spacial score (nSPS) is 10.7. The summed E-state index contributed by atoms with van der Waals surface area (Å²) in [5.41, 5.74) is 8.92. The zero-order valence-corrected chi connectivity index (χ0v) is 11.6. The van der Waals surface area contributed by atoms with E-state index in [0.29, 0.717) is 10.7 Å². The molecule has 20 heavy (non-hydrogen) atoms. The molecular formula is C15H13ClN4. The lowest BCUT2D eigenvalue weighted by molar-refractivity contribution is 1.20. The van der Waals surface area contributed by atoms with Gasteiger partial charge < -0.3 is 11.1 Å². The number of aromatic nitrogens is 2. The molecule has 0 aliphatic heterocycles. The van der Waals surface area contributed by atoms with Crippen molar-refractivity contribution in [2.45, 2.75) is 6.92 Å². The number of nitrogens with two attached hydrogens (primary N) is 1. The van der Waals surface area contributed by atoms with Crippen LogP contribution in [-0.2, 0) is 0 Å². The van der Waals surface area contributed by atoms with E-state index in [-0.39, 0.29) is 0 Å². The minimum absolute atomic E-state index is 0.676. The van der Waals surface area contributed by atoms with Crippen molar-refractivity contribution in [1.29, 1.82) is 0 Å². The highest BCUT2D eigenvalue weighted by atomic mass is 35.5. The molecule has 3 aromatic rings. The summed E-state index contributed by atoms with van der Waals surface area (Å²) in [6, 6.07) is 11.2. The third-order valence-electron chi connectivity index (χ3n) is 3.11. The van der Waals surface area contributed by atoms with Crippen molar-refractivity contribution in [1.82, 2.24) is 9.97 Å². The van der Waals surface area contributed by atoms with Gasteiger partial charge in [-0.3, -0.25) is 4.98 Å². The number of nitrogens with zero attached hydrogens (tertiary/aromatic N) is 2. The summed E-state index contributed by atoms with van der Waals surface area (Å²) in [7, 11) is 0. The molecule has 0 fully saturated rings. The molecule has 2 heterocycles. The van der Waals surface area contributed by atoms with Gasteiger partial charge in [-0.15, -0.1) is 0 Å².